The van der Waals surface area contributed by atoms with E-state index in [1.165, 1.54) is 0 Å². The first-order valence-corrected chi connectivity index (χ1v) is 6.58. The van der Waals surface area contributed by atoms with Gasteiger partial charge in [-0.2, -0.15) is 11.3 Å². The highest BCUT2D eigenvalue weighted by Crippen LogP contribution is 2.26. The number of benzene rings is 1. The molecule has 17 heavy (non-hydrogen) atoms. The van der Waals surface area contributed by atoms with Crippen LogP contribution >= 0.6 is 11.3 Å². The Labute approximate surface area is 105 Å². The molecule has 0 unspecified atom stereocenters. The summed E-state index contributed by atoms with van der Waals surface area (Å²) >= 11 is 1.59. The number of hydrogen-bond donors (Lipinski definition) is 1. The lowest BCUT2D eigenvalue weighted by atomic mass is 10.0. The Morgan fingerprint density at radius 3 is 2.65 bits per heavy atom. The van der Waals surface area contributed by atoms with Crippen molar-refractivity contribution in [3.05, 3.63) is 52.2 Å². The molecule has 1 N–H and O–H groups in total. The molecular formula is C14H16O2S. The summed E-state index contributed by atoms with van der Waals surface area (Å²) in [4.78, 5) is 0. The fourth-order valence-electron chi connectivity index (χ4n) is 1.65. The fourth-order valence-corrected chi connectivity index (χ4v) is 2.33. The second-order valence-corrected chi connectivity index (χ2v) is 4.98. The largest absolute Gasteiger partial charge is 0.491 e. The topological polar surface area (TPSA) is 29.5 Å². The van der Waals surface area contributed by atoms with Gasteiger partial charge in [-0.05, 0) is 53.9 Å². The number of ether oxygens (including phenoxy) is 1. The van der Waals surface area contributed by atoms with Crippen molar-refractivity contribution in [2.45, 2.75) is 26.1 Å². The minimum Gasteiger partial charge on any atom is -0.491 e. The van der Waals surface area contributed by atoms with E-state index in [1.807, 2.05) is 54.9 Å². The first-order valence-electron chi connectivity index (χ1n) is 5.63. The van der Waals surface area contributed by atoms with E-state index in [2.05, 4.69) is 0 Å². The van der Waals surface area contributed by atoms with Crippen LogP contribution in [0.15, 0.2) is 41.1 Å². The zero-order valence-electron chi connectivity index (χ0n) is 9.96. The van der Waals surface area contributed by atoms with Gasteiger partial charge in [-0.3, -0.25) is 0 Å². The van der Waals surface area contributed by atoms with Gasteiger partial charge in [0.1, 0.15) is 11.9 Å². The zero-order valence-corrected chi connectivity index (χ0v) is 10.8. The van der Waals surface area contributed by atoms with Gasteiger partial charge in [-0.15, -0.1) is 0 Å². The standard InChI is InChI=1S/C14H16O2S/c1-10(2)16-13-5-3-4-11(8-13)14(15)12-6-7-17-9-12/h3-10,14-15H,1-2H3/t14-/m1/s1. The Kier molecular flexibility index (Phi) is 3.82. The van der Waals surface area contributed by atoms with E-state index in [1.54, 1.807) is 11.3 Å². The minimum atomic E-state index is -0.572. The lowest BCUT2D eigenvalue weighted by molar-refractivity contribution is 0.217. The van der Waals surface area contributed by atoms with E-state index in [-0.39, 0.29) is 6.10 Å². The van der Waals surface area contributed by atoms with Crippen molar-refractivity contribution in [2.24, 2.45) is 0 Å². The molecule has 1 aromatic carbocycles. The normalized spacial score (nSPS) is 12.7. The number of hydrogen-bond acceptors (Lipinski definition) is 3. The van der Waals surface area contributed by atoms with Gasteiger partial charge < -0.3 is 9.84 Å². The molecule has 90 valence electrons. The second-order valence-electron chi connectivity index (χ2n) is 4.20. The van der Waals surface area contributed by atoms with Crippen molar-refractivity contribution in [3.63, 3.8) is 0 Å². The Morgan fingerprint density at radius 2 is 2.00 bits per heavy atom. The minimum absolute atomic E-state index is 0.142. The molecule has 1 atom stereocenters. The average Bonchev–Trinajstić information content (AvgIpc) is 2.81. The maximum Gasteiger partial charge on any atom is 0.120 e. The van der Waals surface area contributed by atoms with Crippen LogP contribution in [-0.4, -0.2) is 11.2 Å². The molecule has 1 aromatic heterocycles. The molecule has 0 spiro atoms. The van der Waals surface area contributed by atoms with Crippen LogP contribution in [0, 0.1) is 0 Å². The Morgan fingerprint density at radius 1 is 1.18 bits per heavy atom. The van der Waals surface area contributed by atoms with Crippen LogP contribution < -0.4 is 4.74 Å². The molecule has 0 saturated carbocycles. The molecule has 1 heterocycles. The summed E-state index contributed by atoms with van der Waals surface area (Å²) in [5.41, 5.74) is 1.79. The van der Waals surface area contributed by atoms with Gasteiger partial charge in [0.05, 0.1) is 6.10 Å². The van der Waals surface area contributed by atoms with Gasteiger partial charge in [0.2, 0.25) is 0 Å². The molecule has 0 amide bonds. The molecule has 2 rings (SSSR count). The van der Waals surface area contributed by atoms with Crippen molar-refractivity contribution in [1.82, 2.24) is 0 Å². The molecule has 2 aromatic rings. The third-order valence-electron chi connectivity index (χ3n) is 2.40. The van der Waals surface area contributed by atoms with E-state index in [4.69, 9.17) is 4.74 Å². The van der Waals surface area contributed by atoms with Gasteiger partial charge in [-0.25, -0.2) is 0 Å². The summed E-state index contributed by atoms with van der Waals surface area (Å²) in [5.74, 6) is 0.798. The predicted molar refractivity (Wildman–Crippen MR) is 70.6 cm³/mol. The van der Waals surface area contributed by atoms with Crippen molar-refractivity contribution in [2.75, 3.05) is 0 Å². The van der Waals surface area contributed by atoms with Crippen molar-refractivity contribution < 1.29 is 9.84 Å². The third kappa shape index (κ3) is 3.08. The first-order chi connectivity index (χ1) is 8.16. The summed E-state index contributed by atoms with van der Waals surface area (Å²) in [5, 5.41) is 14.1. The fraction of sp³-hybridized carbons (Fsp3) is 0.286. The van der Waals surface area contributed by atoms with Crippen LogP contribution in [0.5, 0.6) is 5.75 Å². The van der Waals surface area contributed by atoms with Crippen molar-refractivity contribution >= 4 is 11.3 Å². The predicted octanol–water partition coefficient (Wildman–Crippen LogP) is 3.62. The summed E-state index contributed by atoms with van der Waals surface area (Å²) in [6.07, 6.45) is -0.430. The summed E-state index contributed by atoms with van der Waals surface area (Å²) in [7, 11) is 0. The number of aliphatic hydroxyl groups excluding tert-OH is 1. The van der Waals surface area contributed by atoms with E-state index in [9.17, 15) is 5.11 Å². The van der Waals surface area contributed by atoms with Gasteiger partial charge in [-0.1, -0.05) is 12.1 Å². The highest BCUT2D eigenvalue weighted by Gasteiger charge is 2.11. The monoisotopic (exact) mass is 248 g/mol. The Bertz CT molecular complexity index is 463. The quantitative estimate of drug-likeness (QED) is 0.895. The summed E-state index contributed by atoms with van der Waals surface area (Å²) in [6, 6.07) is 9.55. The highest BCUT2D eigenvalue weighted by molar-refractivity contribution is 7.07. The van der Waals surface area contributed by atoms with Crippen LogP contribution in [0.2, 0.25) is 0 Å². The van der Waals surface area contributed by atoms with Crippen LogP contribution in [0.4, 0.5) is 0 Å². The average molecular weight is 248 g/mol. The van der Waals surface area contributed by atoms with E-state index >= 15 is 0 Å². The molecule has 0 radical (unpaired) electrons. The van der Waals surface area contributed by atoms with Gasteiger partial charge in [0, 0.05) is 0 Å². The van der Waals surface area contributed by atoms with Crippen LogP contribution in [0.25, 0.3) is 0 Å². The van der Waals surface area contributed by atoms with Crippen molar-refractivity contribution in [3.8, 4) is 5.75 Å². The first kappa shape index (κ1) is 12.1. The van der Waals surface area contributed by atoms with E-state index < -0.39 is 6.10 Å². The Hall–Kier alpha value is -1.32. The smallest absolute Gasteiger partial charge is 0.120 e. The molecule has 0 fully saturated rings. The molecule has 2 nitrogen and oxygen atoms in total. The summed E-state index contributed by atoms with van der Waals surface area (Å²) in [6.45, 7) is 3.98. The van der Waals surface area contributed by atoms with E-state index in [0.29, 0.717) is 0 Å². The lowest BCUT2D eigenvalue weighted by Crippen LogP contribution is -2.06. The van der Waals surface area contributed by atoms with E-state index in [0.717, 1.165) is 16.9 Å². The van der Waals surface area contributed by atoms with Gasteiger partial charge in [0.25, 0.3) is 0 Å². The molecule has 0 aliphatic carbocycles. The maximum atomic E-state index is 10.2. The number of rotatable bonds is 4. The van der Waals surface area contributed by atoms with Crippen LogP contribution in [0.3, 0.4) is 0 Å². The van der Waals surface area contributed by atoms with Crippen LogP contribution in [-0.2, 0) is 0 Å². The maximum absolute atomic E-state index is 10.2. The molecule has 0 saturated heterocycles. The van der Waals surface area contributed by atoms with Gasteiger partial charge >= 0.3 is 0 Å². The van der Waals surface area contributed by atoms with Gasteiger partial charge in [0.15, 0.2) is 0 Å². The summed E-state index contributed by atoms with van der Waals surface area (Å²) < 4.78 is 5.61. The zero-order chi connectivity index (χ0) is 12.3. The molecule has 0 aliphatic heterocycles. The Balaban J connectivity index is 2.21. The number of thiophene rings is 1. The SMILES string of the molecule is CC(C)Oc1cccc([C@@H](O)c2ccsc2)c1. The third-order valence-corrected chi connectivity index (χ3v) is 3.11. The molecule has 0 aliphatic rings. The van der Waals surface area contributed by atoms with Crippen molar-refractivity contribution in [1.29, 1.82) is 0 Å². The highest BCUT2D eigenvalue weighted by atomic mass is 32.1. The molecule has 0 bridgehead atoms. The second kappa shape index (κ2) is 5.34. The molecular weight excluding hydrogens is 232 g/mol. The van der Waals surface area contributed by atoms with Crippen LogP contribution in [0.1, 0.15) is 31.1 Å². The number of aliphatic hydroxyl groups is 1. The molecule has 3 heteroatoms. The lowest BCUT2D eigenvalue weighted by Gasteiger charge is -2.13.